The van der Waals surface area contributed by atoms with E-state index >= 15 is 0 Å². The van der Waals surface area contributed by atoms with Crippen LogP contribution in [0.15, 0.2) is 24.3 Å². The Kier molecular flexibility index (Phi) is 3.11. The van der Waals surface area contributed by atoms with Crippen LogP contribution in [-0.2, 0) is 6.54 Å². The molecule has 2 N–H and O–H groups in total. The highest BCUT2D eigenvalue weighted by Crippen LogP contribution is 2.26. The van der Waals surface area contributed by atoms with E-state index in [9.17, 15) is 0 Å². The van der Waals surface area contributed by atoms with Crippen molar-refractivity contribution in [3.05, 3.63) is 24.3 Å². The summed E-state index contributed by atoms with van der Waals surface area (Å²) in [6.45, 7) is 1.08. The van der Waals surface area contributed by atoms with E-state index in [1.807, 2.05) is 24.3 Å². The van der Waals surface area contributed by atoms with Crippen LogP contribution in [0.3, 0.4) is 0 Å². The summed E-state index contributed by atoms with van der Waals surface area (Å²) in [5.74, 6) is 1.42. The van der Waals surface area contributed by atoms with E-state index in [1.54, 1.807) is 11.8 Å². The Hall–Kier alpha value is -1.95. The molecular formula is C10H13N5O. The quantitative estimate of drug-likeness (QED) is 0.800. The molecule has 0 saturated heterocycles. The van der Waals surface area contributed by atoms with Crippen LogP contribution < -0.4 is 10.5 Å². The zero-order valence-corrected chi connectivity index (χ0v) is 9.00. The minimum atomic E-state index is 0.493. The predicted octanol–water partition coefficient (Wildman–Crippen LogP) is 0.307. The lowest BCUT2D eigenvalue weighted by molar-refractivity contribution is 0.415. The summed E-state index contributed by atoms with van der Waals surface area (Å²) in [6, 6.07) is 7.60. The fourth-order valence-corrected chi connectivity index (χ4v) is 1.50. The third-order valence-corrected chi connectivity index (χ3v) is 2.22. The average Bonchev–Trinajstić information content (AvgIpc) is 2.77. The molecule has 0 bridgehead atoms. The molecule has 0 unspecified atom stereocenters. The number of rotatable bonds is 4. The van der Waals surface area contributed by atoms with Gasteiger partial charge in [0.05, 0.1) is 19.2 Å². The normalized spacial score (nSPS) is 10.4. The van der Waals surface area contributed by atoms with E-state index in [1.165, 1.54) is 0 Å². The summed E-state index contributed by atoms with van der Waals surface area (Å²) >= 11 is 0. The van der Waals surface area contributed by atoms with Crippen molar-refractivity contribution in [3.63, 3.8) is 0 Å². The number of ether oxygens (including phenoxy) is 1. The van der Waals surface area contributed by atoms with Crippen molar-refractivity contribution in [1.29, 1.82) is 0 Å². The second kappa shape index (κ2) is 4.71. The summed E-state index contributed by atoms with van der Waals surface area (Å²) in [5, 5.41) is 11.5. The third-order valence-electron chi connectivity index (χ3n) is 2.22. The van der Waals surface area contributed by atoms with E-state index < -0.39 is 0 Å². The number of hydrogen-bond donors (Lipinski definition) is 1. The third kappa shape index (κ3) is 1.87. The smallest absolute Gasteiger partial charge is 0.185 e. The fourth-order valence-electron chi connectivity index (χ4n) is 1.50. The molecule has 6 heteroatoms. The van der Waals surface area contributed by atoms with Gasteiger partial charge >= 0.3 is 0 Å². The van der Waals surface area contributed by atoms with Gasteiger partial charge in [0.25, 0.3) is 0 Å². The van der Waals surface area contributed by atoms with Gasteiger partial charge in [-0.25, -0.2) is 4.68 Å². The molecule has 6 nitrogen and oxygen atoms in total. The largest absolute Gasteiger partial charge is 0.496 e. The molecule has 0 aliphatic rings. The van der Waals surface area contributed by atoms with Crippen LogP contribution >= 0.6 is 0 Å². The van der Waals surface area contributed by atoms with Crippen molar-refractivity contribution in [2.75, 3.05) is 13.7 Å². The van der Waals surface area contributed by atoms with Crippen LogP contribution in [0.4, 0.5) is 0 Å². The van der Waals surface area contributed by atoms with E-state index in [2.05, 4.69) is 15.5 Å². The van der Waals surface area contributed by atoms with Gasteiger partial charge in [-0.05, 0) is 22.6 Å². The first-order chi connectivity index (χ1) is 7.86. The van der Waals surface area contributed by atoms with E-state index in [0.717, 1.165) is 11.3 Å². The Morgan fingerprint density at radius 2 is 2.19 bits per heavy atom. The Balaban J connectivity index is 2.45. The maximum absolute atomic E-state index is 5.49. The molecular weight excluding hydrogens is 206 g/mol. The number of benzene rings is 1. The lowest BCUT2D eigenvalue weighted by atomic mass is 10.2. The number of hydrogen-bond acceptors (Lipinski definition) is 5. The average molecular weight is 219 g/mol. The second-order valence-electron chi connectivity index (χ2n) is 3.21. The molecule has 1 heterocycles. The van der Waals surface area contributed by atoms with Crippen LogP contribution in [0.25, 0.3) is 11.4 Å². The summed E-state index contributed by atoms with van der Waals surface area (Å²) in [6.07, 6.45) is 0. The number of methoxy groups -OCH3 is 1. The Morgan fingerprint density at radius 1 is 1.38 bits per heavy atom. The molecule has 0 fully saturated rings. The van der Waals surface area contributed by atoms with Crippen LogP contribution in [0, 0.1) is 0 Å². The molecule has 84 valence electrons. The number of aromatic nitrogens is 4. The van der Waals surface area contributed by atoms with Gasteiger partial charge in [0.15, 0.2) is 5.82 Å². The molecule has 0 radical (unpaired) electrons. The zero-order chi connectivity index (χ0) is 11.4. The highest BCUT2D eigenvalue weighted by molar-refractivity contribution is 5.63. The van der Waals surface area contributed by atoms with Crippen molar-refractivity contribution >= 4 is 0 Å². The van der Waals surface area contributed by atoms with Crippen molar-refractivity contribution < 1.29 is 4.74 Å². The van der Waals surface area contributed by atoms with Crippen LogP contribution in [0.1, 0.15) is 0 Å². The number of tetrazole rings is 1. The maximum atomic E-state index is 5.49. The van der Waals surface area contributed by atoms with Crippen LogP contribution in [0.5, 0.6) is 5.75 Å². The molecule has 16 heavy (non-hydrogen) atoms. The van der Waals surface area contributed by atoms with Gasteiger partial charge in [-0.1, -0.05) is 12.1 Å². The van der Waals surface area contributed by atoms with Crippen molar-refractivity contribution in [2.24, 2.45) is 5.73 Å². The van der Waals surface area contributed by atoms with Crippen molar-refractivity contribution in [2.45, 2.75) is 6.54 Å². The highest BCUT2D eigenvalue weighted by atomic mass is 16.5. The lowest BCUT2D eigenvalue weighted by Gasteiger charge is -2.07. The topological polar surface area (TPSA) is 78.9 Å². The predicted molar refractivity (Wildman–Crippen MR) is 58.9 cm³/mol. The van der Waals surface area contributed by atoms with Crippen LogP contribution in [-0.4, -0.2) is 33.9 Å². The molecule has 0 aliphatic carbocycles. The summed E-state index contributed by atoms with van der Waals surface area (Å²) in [5.41, 5.74) is 6.35. The standard InChI is InChI=1S/C10H13N5O/c1-16-9-5-3-2-4-8(9)10-12-13-14-15(10)7-6-11/h2-5H,6-7,11H2,1H3. The highest BCUT2D eigenvalue weighted by Gasteiger charge is 2.12. The van der Waals surface area contributed by atoms with E-state index in [4.69, 9.17) is 10.5 Å². The molecule has 1 aromatic carbocycles. The van der Waals surface area contributed by atoms with Gasteiger partial charge in [0.2, 0.25) is 0 Å². The van der Waals surface area contributed by atoms with E-state index in [0.29, 0.717) is 18.9 Å². The Labute approximate surface area is 93.0 Å². The summed E-state index contributed by atoms with van der Waals surface area (Å²) in [4.78, 5) is 0. The van der Waals surface area contributed by atoms with Gasteiger partial charge in [0.1, 0.15) is 5.75 Å². The first kappa shape index (κ1) is 10.6. The molecule has 0 amide bonds. The monoisotopic (exact) mass is 219 g/mol. The lowest BCUT2D eigenvalue weighted by Crippen LogP contribution is -2.12. The SMILES string of the molecule is COc1ccccc1-c1nnnn1CCN. The second-order valence-corrected chi connectivity index (χ2v) is 3.21. The maximum Gasteiger partial charge on any atom is 0.185 e. The van der Waals surface area contributed by atoms with Gasteiger partial charge in [-0.15, -0.1) is 5.10 Å². The molecule has 0 spiro atoms. The van der Waals surface area contributed by atoms with Crippen molar-refractivity contribution in [1.82, 2.24) is 20.2 Å². The Bertz CT molecular complexity index is 468. The van der Waals surface area contributed by atoms with Gasteiger partial charge in [-0.2, -0.15) is 0 Å². The van der Waals surface area contributed by atoms with Crippen molar-refractivity contribution in [3.8, 4) is 17.1 Å². The van der Waals surface area contributed by atoms with Gasteiger partial charge in [0, 0.05) is 6.54 Å². The first-order valence-electron chi connectivity index (χ1n) is 4.96. The van der Waals surface area contributed by atoms with Crippen LogP contribution in [0.2, 0.25) is 0 Å². The molecule has 2 rings (SSSR count). The Morgan fingerprint density at radius 3 is 2.94 bits per heavy atom. The van der Waals surface area contributed by atoms with Gasteiger partial charge in [-0.3, -0.25) is 0 Å². The molecule has 0 atom stereocenters. The fraction of sp³-hybridized carbons (Fsp3) is 0.300. The minimum absolute atomic E-state index is 0.493. The minimum Gasteiger partial charge on any atom is -0.496 e. The number of para-hydroxylation sites is 1. The van der Waals surface area contributed by atoms with Gasteiger partial charge < -0.3 is 10.5 Å². The molecule has 0 saturated carbocycles. The summed E-state index contributed by atoms with van der Waals surface area (Å²) < 4.78 is 6.93. The summed E-state index contributed by atoms with van der Waals surface area (Å²) in [7, 11) is 1.62. The van der Waals surface area contributed by atoms with E-state index in [-0.39, 0.29) is 0 Å². The molecule has 1 aromatic heterocycles. The molecule has 0 aliphatic heterocycles. The number of nitrogens with two attached hydrogens (primary N) is 1. The number of nitrogens with zero attached hydrogens (tertiary/aromatic N) is 4. The zero-order valence-electron chi connectivity index (χ0n) is 9.00. The molecule has 2 aromatic rings. The first-order valence-corrected chi connectivity index (χ1v) is 4.96.